The van der Waals surface area contributed by atoms with Crippen LogP contribution in [0.3, 0.4) is 0 Å². The Morgan fingerprint density at radius 2 is 1.62 bits per heavy atom. The van der Waals surface area contributed by atoms with Crippen molar-refractivity contribution in [1.29, 1.82) is 0 Å². The molecule has 0 unspecified atom stereocenters. The summed E-state index contributed by atoms with van der Waals surface area (Å²) in [6.07, 6.45) is 3.57. The van der Waals surface area contributed by atoms with Gasteiger partial charge in [0.15, 0.2) is 0 Å². The maximum atomic E-state index is 12.4. The van der Waals surface area contributed by atoms with Crippen LogP contribution in [-0.4, -0.2) is 30.3 Å². The summed E-state index contributed by atoms with van der Waals surface area (Å²) >= 11 is 0. The van der Waals surface area contributed by atoms with Crippen molar-refractivity contribution in [2.24, 2.45) is 10.8 Å². The number of carbonyl (C=O) groups excluding carboxylic acids is 1. The SMILES string of the molecule is O=C(NCC12CCCC(C(=O)O)(C1)C2)OCC1c2ccccc2-c2ccccc21. The lowest BCUT2D eigenvalue weighted by Gasteiger charge is -2.58. The lowest BCUT2D eigenvalue weighted by atomic mass is 9.46. The maximum Gasteiger partial charge on any atom is 0.407 e. The van der Waals surface area contributed by atoms with E-state index in [9.17, 15) is 14.7 Å². The molecule has 2 bridgehead atoms. The van der Waals surface area contributed by atoms with Gasteiger partial charge in [0.05, 0.1) is 5.41 Å². The van der Waals surface area contributed by atoms with E-state index < -0.39 is 17.5 Å². The van der Waals surface area contributed by atoms with Crippen molar-refractivity contribution >= 4 is 12.1 Å². The molecule has 6 rings (SSSR count). The van der Waals surface area contributed by atoms with Gasteiger partial charge < -0.3 is 15.2 Å². The van der Waals surface area contributed by atoms with E-state index in [1.165, 1.54) is 22.3 Å². The van der Waals surface area contributed by atoms with Crippen LogP contribution in [0.25, 0.3) is 11.1 Å². The third-order valence-electron chi connectivity index (χ3n) is 7.19. The van der Waals surface area contributed by atoms with Gasteiger partial charge in [0, 0.05) is 12.5 Å². The van der Waals surface area contributed by atoms with E-state index in [0.29, 0.717) is 26.0 Å². The van der Waals surface area contributed by atoms with E-state index >= 15 is 0 Å². The van der Waals surface area contributed by atoms with Gasteiger partial charge in [-0.2, -0.15) is 0 Å². The van der Waals surface area contributed by atoms with Crippen molar-refractivity contribution in [3.05, 3.63) is 59.7 Å². The molecular weight excluding hydrogens is 366 g/mol. The van der Waals surface area contributed by atoms with Crippen LogP contribution in [0, 0.1) is 10.8 Å². The second-order valence-corrected chi connectivity index (χ2v) is 8.97. The Hall–Kier alpha value is -2.82. The molecule has 2 N–H and O–H groups in total. The molecule has 1 amide bonds. The highest BCUT2D eigenvalue weighted by molar-refractivity contribution is 5.79. The van der Waals surface area contributed by atoms with Crippen molar-refractivity contribution in [3.63, 3.8) is 0 Å². The first-order valence-corrected chi connectivity index (χ1v) is 10.3. The number of ether oxygens (including phenoxy) is 1. The number of alkyl carbamates (subject to hydrolysis) is 1. The Morgan fingerprint density at radius 1 is 1.00 bits per heavy atom. The normalized spacial score (nSPS) is 26.8. The van der Waals surface area contributed by atoms with E-state index in [4.69, 9.17) is 4.74 Å². The molecule has 0 spiro atoms. The van der Waals surface area contributed by atoms with Crippen molar-refractivity contribution in [2.45, 2.75) is 38.0 Å². The number of carboxylic acids is 1. The zero-order valence-corrected chi connectivity index (χ0v) is 16.3. The molecule has 4 aliphatic rings. The number of benzene rings is 2. The highest BCUT2D eigenvalue weighted by Gasteiger charge is 2.61. The minimum Gasteiger partial charge on any atom is -0.481 e. The van der Waals surface area contributed by atoms with Crippen molar-refractivity contribution in [3.8, 4) is 11.1 Å². The second-order valence-electron chi connectivity index (χ2n) is 8.97. The molecule has 0 aromatic heterocycles. The standard InChI is InChI=1S/C24H25NO4/c26-21(27)24-11-5-10-23(13-24,14-24)15-25-22(28)29-12-20-18-8-3-1-6-16(18)17-7-2-4-9-19(17)20/h1-4,6-9,20H,5,10-15H2,(H,25,28)(H,26,27). The van der Waals surface area contributed by atoms with Crippen LogP contribution in [-0.2, 0) is 9.53 Å². The van der Waals surface area contributed by atoms with Crippen LogP contribution < -0.4 is 5.32 Å². The van der Waals surface area contributed by atoms with E-state index in [1.807, 2.05) is 24.3 Å². The Morgan fingerprint density at radius 3 is 2.24 bits per heavy atom. The first-order valence-electron chi connectivity index (χ1n) is 10.3. The number of aliphatic carboxylic acids is 1. The monoisotopic (exact) mass is 391 g/mol. The predicted molar refractivity (Wildman–Crippen MR) is 109 cm³/mol. The van der Waals surface area contributed by atoms with Crippen LogP contribution >= 0.6 is 0 Å². The number of hydrogen-bond donors (Lipinski definition) is 2. The molecule has 3 saturated carbocycles. The summed E-state index contributed by atoms with van der Waals surface area (Å²) < 4.78 is 5.60. The molecule has 5 nitrogen and oxygen atoms in total. The van der Waals surface area contributed by atoms with Gasteiger partial charge in [0.25, 0.3) is 0 Å². The Bertz CT molecular complexity index is 931. The molecule has 150 valence electrons. The van der Waals surface area contributed by atoms with Crippen LogP contribution in [0.4, 0.5) is 4.79 Å². The van der Waals surface area contributed by atoms with E-state index in [1.54, 1.807) is 0 Å². The molecule has 3 fully saturated rings. The molecule has 0 aliphatic heterocycles. The number of nitrogens with one attached hydrogen (secondary N) is 1. The van der Waals surface area contributed by atoms with Gasteiger partial charge in [0.2, 0.25) is 0 Å². The molecular formula is C24H25NO4. The third kappa shape index (κ3) is 2.91. The summed E-state index contributed by atoms with van der Waals surface area (Å²) in [7, 11) is 0. The minimum absolute atomic E-state index is 0.0457. The van der Waals surface area contributed by atoms with Crippen LogP contribution in [0.2, 0.25) is 0 Å². The summed E-state index contributed by atoms with van der Waals surface area (Å²) in [6.45, 7) is 0.796. The van der Waals surface area contributed by atoms with Gasteiger partial charge in [-0.3, -0.25) is 4.79 Å². The Kier molecular flexibility index (Phi) is 4.16. The second kappa shape index (κ2) is 6.61. The van der Waals surface area contributed by atoms with Crippen molar-refractivity contribution in [1.82, 2.24) is 5.32 Å². The van der Waals surface area contributed by atoms with Gasteiger partial charge in [-0.25, -0.2) is 4.79 Å². The number of carboxylic acid groups (broad SMARTS) is 1. The summed E-state index contributed by atoms with van der Waals surface area (Å²) in [5.74, 6) is -0.640. The van der Waals surface area contributed by atoms with Crippen LogP contribution in [0.1, 0.15) is 49.1 Å². The lowest BCUT2D eigenvalue weighted by Crippen LogP contribution is -2.58. The highest BCUT2D eigenvalue weighted by Crippen LogP contribution is 2.63. The summed E-state index contributed by atoms with van der Waals surface area (Å²) in [6, 6.07) is 16.5. The molecule has 0 saturated heterocycles. The molecule has 4 aliphatic carbocycles. The Labute approximate surface area is 170 Å². The number of fused-ring (bicyclic) bond motifs is 5. The topological polar surface area (TPSA) is 75.6 Å². The summed E-state index contributed by atoms with van der Waals surface area (Å²) in [5.41, 5.74) is 4.18. The van der Waals surface area contributed by atoms with Gasteiger partial charge in [0.1, 0.15) is 6.61 Å². The fourth-order valence-corrected chi connectivity index (χ4v) is 5.92. The van der Waals surface area contributed by atoms with Crippen LogP contribution in [0.15, 0.2) is 48.5 Å². The molecule has 0 radical (unpaired) electrons. The highest BCUT2D eigenvalue weighted by atomic mass is 16.5. The summed E-state index contributed by atoms with van der Waals surface area (Å²) in [5, 5.41) is 12.4. The quantitative estimate of drug-likeness (QED) is 0.783. The zero-order chi connectivity index (χ0) is 20.1. The third-order valence-corrected chi connectivity index (χ3v) is 7.19. The van der Waals surface area contributed by atoms with Gasteiger partial charge in [-0.1, -0.05) is 55.0 Å². The maximum absolute atomic E-state index is 12.4. The van der Waals surface area contributed by atoms with Crippen LogP contribution in [0.5, 0.6) is 0 Å². The fraction of sp³-hybridized carbons (Fsp3) is 0.417. The molecule has 0 heterocycles. The largest absolute Gasteiger partial charge is 0.481 e. The fourth-order valence-electron chi connectivity index (χ4n) is 5.92. The first-order chi connectivity index (χ1) is 14.0. The molecule has 2 aromatic carbocycles. The average Bonchev–Trinajstić information content (AvgIpc) is 3.04. The number of hydrogen-bond acceptors (Lipinski definition) is 3. The zero-order valence-electron chi connectivity index (χ0n) is 16.3. The predicted octanol–water partition coefficient (Wildman–Crippen LogP) is 4.56. The number of rotatable bonds is 5. The van der Waals surface area contributed by atoms with Gasteiger partial charge >= 0.3 is 12.1 Å². The molecule has 5 heteroatoms. The van der Waals surface area contributed by atoms with Crippen molar-refractivity contribution in [2.75, 3.05) is 13.2 Å². The molecule has 2 aromatic rings. The molecule has 29 heavy (non-hydrogen) atoms. The lowest BCUT2D eigenvalue weighted by molar-refractivity contribution is -0.175. The first kappa shape index (κ1) is 18.2. The number of carbonyl (C=O) groups is 2. The average molecular weight is 391 g/mol. The van der Waals surface area contributed by atoms with E-state index in [0.717, 1.165) is 19.3 Å². The Balaban J connectivity index is 1.21. The van der Waals surface area contributed by atoms with Gasteiger partial charge in [-0.05, 0) is 53.4 Å². The summed E-state index contributed by atoms with van der Waals surface area (Å²) in [4.78, 5) is 23.9. The molecule has 0 atom stereocenters. The van der Waals surface area contributed by atoms with Crippen molar-refractivity contribution < 1.29 is 19.4 Å². The van der Waals surface area contributed by atoms with E-state index in [-0.39, 0.29) is 11.3 Å². The van der Waals surface area contributed by atoms with E-state index in [2.05, 4.69) is 29.6 Å². The minimum atomic E-state index is -0.686. The number of amides is 1. The van der Waals surface area contributed by atoms with Gasteiger partial charge in [-0.15, -0.1) is 0 Å². The smallest absolute Gasteiger partial charge is 0.407 e.